The largest absolute Gasteiger partial charge is 0.330 e. The molecule has 0 spiro atoms. The SMILES string of the molecule is Cc1cc(CNCC2(CN)CC2)sc1C. The molecule has 15 heavy (non-hydrogen) atoms. The fraction of sp³-hybridized carbons (Fsp3) is 0.667. The minimum Gasteiger partial charge on any atom is -0.330 e. The number of hydrogen-bond donors (Lipinski definition) is 2. The van der Waals surface area contributed by atoms with E-state index in [0.29, 0.717) is 5.41 Å². The van der Waals surface area contributed by atoms with E-state index in [4.69, 9.17) is 5.73 Å². The molecule has 0 aromatic carbocycles. The Balaban J connectivity index is 1.78. The van der Waals surface area contributed by atoms with Gasteiger partial charge in [0.05, 0.1) is 0 Å². The van der Waals surface area contributed by atoms with E-state index < -0.39 is 0 Å². The van der Waals surface area contributed by atoms with E-state index in [9.17, 15) is 0 Å². The maximum absolute atomic E-state index is 5.74. The molecule has 2 nitrogen and oxygen atoms in total. The minimum atomic E-state index is 0.446. The molecule has 0 unspecified atom stereocenters. The Labute approximate surface area is 95.9 Å². The number of thiophene rings is 1. The quantitative estimate of drug-likeness (QED) is 0.804. The van der Waals surface area contributed by atoms with Gasteiger partial charge in [0.1, 0.15) is 0 Å². The van der Waals surface area contributed by atoms with E-state index >= 15 is 0 Å². The summed E-state index contributed by atoms with van der Waals surface area (Å²) >= 11 is 1.90. The maximum Gasteiger partial charge on any atom is 0.0300 e. The monoisotopic (exact) mass is 224 g/mol. The van der Waals surface area contributed by atoms with E-state index in [1.807, 2.05) is 11.3 Å². The van der Waals surface area contributed by atoms with Crippen LogP contribution < -0.4 is 11.1 Å². The van der Waals surface area contributed by atoms with Gasteiger partial charge >= 0.3 is 0 Å². The van der Waals surface area contributed by atoms with Crippen LogP contribution in [0.25, 0.3) is 0 Å². The lowest BCUT2D eigenvalue weighted by Crippen LogP contribution is -2.29. The number of aryl methyl sites for hydroxylation is 2. The lowest BCUT2D eigenvalue weighted by atomic mass is 10.1. The van der Waals surface area contributed by atoms with Crippen molar-refractivity contribution < 1.29 is 0 Å². The van der Waals surface area contributed by atoms with Crippen LogP contribution in [-0.4, -0.2) is 13.1 Å². The van der Waals surface area contributed by atoms with E-state index in [2.05, 4.69) is 25.2 Å². The average molecular weight is 224 g/mol. The minimum absolute atomic E-state index is 0.446. The van der Waals surface area contributed by atoms with Crippen LogP contribution in [0.4, 0.5) is 0 Å². The highest BCUT2D eigenvalue weighted by molar-refractivity contribution is 7.12. The number of hydrogen-bond acceptors (Lipinski definition) is 3. The summed E-state index contributed by atoms with van der Waals surface area (Å²) in [6.45, 7) is 7.28. The van der Waals surface area contributed by atoms with Gasteiger partial charge in [0.25, 0.3) is 0 Å². The van der Waals surface area contributed by atoms with Gasteiger partial charge in [0, 0.05) is 22.8 Å². The molecule has 0 atom stereocenters. The third kappa shape index (κ3) is 2.60. The first kappa shape index (κ1) is 11.1. The average Bonchev–Trinajstić information content (AvgIpc) is 2.91. The van der Waals surface area contributed by atoms with Gasteiger partial charge in [-0.15, -0.1) is 11.3 Å². The van der Waals surface area contributed by atoms with Gasteiger partial charge in [0.15, 0.2) is 0 Å². The molecular weight excluding hydrogens is 204 g/mol. The molecule has 1 aromatic rings. The predicted octanol–water partition coefficient (Wildman–Crippen LogP) is 2.19. The van der Waals surface area contributed by atoms with Crippen LogP contribution in [0, 0.1) is 19.3 Å². The second-order valence-corrected chi connectivity index (χ2v) is 6.10. The molecule has 0 bridgehead atoms. The van der Waals surface area contributed by atoms with Crippen LogP contribution in [0.1, 0.15) is 28.2 Å². The molecular formula is C12H20N2S. The van der Waals surface area contributed by atoms with Crippen LogP contribution >= 0.6 is 11.3 Å². The topological polar surface area (TPSA) is 38.0 Å². The molecule has 84 valence electrons. The third-order valence-corrected chi connectivity index (χ3v) is 4.56. The summed E-state index contributed by atoms with van der Waals surface area (Å²) in [6, 6.07) is 2.29. The summed E-state index contributed by atoms with van der Waals surface area (Å²) < 4.78 is 0. The van der Waals surface area contributed by atoms with Crippen LogP contribution in [0.3, 0.4) is 0 Å². The smallest absolute Gasteiger partial charge is 0.0300 e. The Hall–Kier alpha value is -0.380. The van der Waals surface area contributed by atoms with Gasteiger partial charge in [0.2, 0.25) is 0 Å². The molecule has 3 N–H and O–H groups in total. The highest BCUT2D eigenvalue weighted by Crippen LogP contribution is 2.43. The zero-order chi connectivity index (χ0) is 10.9. The molecule has 1 aliphatic rings. The van der Waals surface area contributed by atoms with Gasteiger partial charge in [-0.1, -0.05) is 0 Å². The Kier molecular flexibility index (Phi) is 3.14. The molecule has 0 aliphatic heterocycles. The van der Waals surface area contributed by atoms with Crippen molar-refractivity contribution in [2.24, 2.45) is 11.1 Å². The van der Waals surface area contributed by atoms with Gasteiger partial charge in [-0.25, -0.2) is 0 Å². The predicted molar refractivity (Wildman–Crippen MR) is 66.2 cm³/mol. The third-order valence-electron chi connectivity index (χ3n) is 3.41. The van der Waals surface area contributed by atoms with E-state index in [1.54, 1.807) is 0 Å². The first-order valence-electron chi connectivity index (χ1n) is 5.62. The molecule has 2 rings (SSSR count). The van der Waals surface area contributed by atoms with E-state index in [0.717, 1.165) is 19.6 Å². The van der Waals surface area contributed by atoms with Crippen molar-refractivity contribution in [2.75, 3.05) is 13.1 Å². The summed E-state index contributed by atoms with van der Waals surface area (Å²) in [5.74, 6) is 0. The first-order chi connectivity index (χ1) is 7.15. The molecule has 1 aromatic heterocycles. The standard InChI is InChI=1S/C12H20N2S/c1-9-5-11(15-10(9)2)6-14-8-12(7-13)3-4-12/h5,14H,3-4,6-8,13H2,1-2H3. The highest BCUT2D eigenvalue weighted by Gasteiger charge is 2.40. The zero-order valence-electron chi connectivity index (χ0n) is 9.60. The van der Waals surface area contributed by atoms with Gasteiger partial charge in [-0.05, 0) is 50.3 Å². The van der Waals surface area contributed by atoms with Crippen molar-refractivity contribution in [2.45, 2.75) is 33.2 Å². The normalized spacial score (nSPS) is 18.1. The van der Waals surface area contributed by atoms with Crippen LogP contribution in [0.2, 0.25) is 0 Å². The molecule has 1 saturated carbocycles. The lowest BCUT2D eigenvalue weighted by Gasteiger charge is -2.12. The van der Waals surface area contributed by atoms with Crippen LogP contribution in [0.5, 0.6) is 0 Å². The number of nitrogens with two attached hydrogens (primary N) is 1. The summed E-state index contributed by atoms with van der Waals surface area (Å²) in [5, 5.41) is 3.53. The lowest BCUT2D eigenvalue weighted by molar-refractivity contribution is 0.469. The Bertz CT molecular complexity index is 320. The fourth-order valence-corrected chi connectivity index (χ4v) is 2.84. The summed E-state index contributed by atoms with van der Waals surface area (Å²) in [7, 11) is 0. The molecule has 1 heterocycles. The zero-order valence-corrected chi connectivity index (χ0v) is 10.4. The van der Waals surface area contributed by atoms with Crippen molar-refractivity contribution in [3.63, 3.8) is 0 Å². The molecule has 1 aliphatic carbocycles. The highest BCUT2D eigenvalue weighted by atomic mass is 32.1. The second-order valence-electron chi connectivity index (χ2n) is 4.76. The molecule has 3 heteroatoms. The first-order valence-corrected chi connectivity index (χ1v) is 6.44. The Morgan fingerprint density at radius 1 is 1.47 bits per heavy atom. The van der Waals surface area contributed by atoms with E-state index in [1.165, 1.54) is 28.2 Å². The Morgan fingerprint density at radius 2 is 2.20 bits per heavy atom. The van der Waals surface area contributed by atoms with Gasteiger partial charge < -0.3 is 11.1 Å². The molecule has 0 saturated heterocycles. The van der Waals surface area contributed by atoms with Crippen molar-refractivity contribution in [3.8, 4) is 0 Å². The van der Waals surface area contributed by atoms with Crippen LogP contribution in [-0.2, 0) is 6.54 Å². The van der Waals surface area contributed by atoms with Crippen molar-refractivity contribution in [1.29, 1.82) is 0 Å². The van der Waals surface area contributed by atoms with E-state index in [-0.39, 0.29) is 0 Å². The van der Waals surface area contributed by atoms with Gasteiger partial charge in [-0.2, -0.15) is 0 Å². The maximum atomic E-state index is 5.74. The van der Waals surface area contributed by atoms with Crippen molar-refractivity contribution >= 4 is 11.3 Å². The number of nitrogens with one attached hydrogen (secondary N) is 1. The van der Waals surface area contributed by atoms with Crippen LogP contribution in [0.15, 0.2) is 6.07 Å². The summed E-state index contributed by atoms with van der Waals surface area (Å²) in [6.07, 6.45) is 2.61. The Morgan fingerprint density at radius 3 is 2.67 bits per heavy atom. The summed E-state index contributed by atoms with van der Waals surface area (Å²) in [4.78, 5) is 2.88. The molecule has 1 fully saturated rings. The summed E-state index contributed by atoms with van der Waals surface area (Å²) in [5.41, 5.74) is 7.60. The van der Waals surface area contributed by atoms with Gasteiger partial charge in [-0.3, -0.25) is 0 Å². The van der Waals surface area contributed by atoms with Crippen molar-refractivity contribution in [1.82, 2.24) is 5.32 Å². The number of rotatable bonds is 5. The fourth-order valence-electron chi connectivity index (χ4n) is 1.82. The molecule has 0 radical (unpaired) electrons. The second kappa shape index (κ2) is 4.24. The molecule has 0 amide bonds. The van der Waals surface area contributed by atoms with Crippen molar-refractivity contribution in [3.05, 3.63) is 21.4 Å².